The van der Waals surface area contributed by atoms with Crippen LogP contribution in [-0.2, 0) is 14.8 Å². The van der Waals surface area contributed by atoms with E-state index in [0.29, 0.717) is 24.3 Å². The van der Waals surface area contributed by atoms with Crippen LogP contribution in [0.15, 0.2) is 48.5 Å². The van der Waals surface area contributed by atoms with Crippen molar-refractivity contribution in [2.75, 3.05) is 17.7 Å². The highest BCUT2D eigenvalue weighted by Crippen LogP contribution is 2.39. The van der Waals surface area contributed by atoms with Crippen molar-refractivity contribution in [3.63, 3.8) is 0 Å². The number of carbonyl (C=O) groups is 1. The van der Waals surface area contributed by atoms with E-state index in [-0.39, 0.29) is 11.9 Å². The van der Waals surface area contributed by atoms with E-state index in [1.165, 1.54) is 11.4 Å². The van der Waals surface area contributed by atoms with Gasteiger partial charge in [0.05, 0.1) is 25.1 Å². The van der Waals surface area contributed by atoms with Crippen molar-refractivity contribution < 1.29 is 22.7 Å². The number of amides is 1. The number of nitrogens with zero attached hydrogens (tertiary/aromatic N) is 1. The Kier molecular flexibility index (Phi) is 6.50. The molecule has 1 heterocycles. The third-order valence-corrected chi connectivity index (χ3v) is 6.51. The number of para-hydroxylation sites is 1. The second-order valence-electron chi connectivity index (χ2n) is 8.35. The van der Waals surface area contributed by atoms with Gasteiger partial charge in [-0.3, -0.25) is 9.10 Å². The standard InChI is InChI=1S/C23H30N2O5S/c1-6-20(25(31(5,27)28)16-10-9-11-17(14-16)29-4)22(26)24-19-15-23(2,3)30-21-13-8-7-12-18(19)21/h7-14,19-20H,6,15H2,1-5H3,(H,24,26)/t19-,20-/m0/s1. The van der Waals surface area contributed by atoms with Gasteiger partial charge in [-0.1, -0.05) is 31.2 Å². The number of carbonyl (C=O) groups excluding carboxylic acids is 1. The number of sulfonamides is 1. The first-order valence-corrected chi connectivity index (χ1v) is 12.1. The van der Waals surface area contributed by atoms with Crippen LogP contribution in [-0.4, -0.2) is 39.3 Å². The van der Waals surface area contributed by atoms with Crippen LogP contribution in [0.1, 0.15) is 45.2 Å². The van der Waals surface area contributed by atoms with Gasteiger partial charge in [-0.2, -0.15) is 0 Å². The van der Waals surface area contributed by atoms with Gasteiger partial charge < -0.3 is 14.8 Å². The maximum Gasteiger partial charge on any atom is 0.244 e. The Balaban J connectivity index is 1.94. The Bertz CT molecular complexity index is 1050. The van der Waals surface area contributed by atoms with Crippen LogP contribution in [0, 0.1) is 0 Å². The number of methoxy groups -OCH3 is 1. The quantitative estimate of drug-likeness (QED) is 0.702. The number of hydrogen-bond donors (Lipinski definition) is 1. The van der Waals surface area contributed by atoms with Crippen molar-refractivity contribution in [1.29, 1.82) is 0 Å². The highest BCUT2D eigenvalue weighted by molar-refractivity contribution is 7.92. The molecule has 3 rings (SSSR count). The lowest BCUT2D eigenvalue weighted by molar-refractivity contribution is -0.123. The molecule has 0 saturated heterocycles. The fourth-order valence-electron chi connectivity index (χ4n) is 4.01. The summed E-state index contributed by atoms with van der Waals surface area (Å²) >= 11 is 0. The molecular formula is C23H30N2O5S. The summed E-state index contributed by atoms with van der Waals surface area (Å²) < 4.78 is 37.9. The zero-order chi connectivity index (χ0) is 22.8. The average molecular weight is 447 g/mol. The molecule has 0 aliphatic carbocycles. The van der Waals surface area contributed by atoms with Crippen molar-refractivity contribution in [2.45, 2.75) is 51.3 Å². The number of anilines is 1. The minimum atomic E-state index is -3.73. The molecule has 0 saturated carbocycles. The highest BCUT2D eigenvalue weighted by Gasteiger charge is 2.37. The van der Waals surface area contributed by atoms with Gasteiger partial charge in [0.1, 0.15) is 23.1 Å². The summed E-state index contributed by atoms with van der Waals surface area (Å²) in [6.45, 7) is 5.74. The van der Waals surface area contributed by atoms with Crippen molar-refractivity contribution in [2.24, 2.45) is 0 Å². The van der Waals surface area contributed by atoms with Crippen molar-refractivity contribution in [1.82, 2.24) is 5.32 Å². The summed E-state index contributed by atoms with van der Waals surface area (Å²) in [5, 5.41) is 3.08. The van der Waals surface area contributed by atoms with E-state index in [0.717, 1.165) is 17.6 Å². The van der Waals surface area contributed by atoms with E-state index >= 15 is 0 Å². The summed E-state index contributed by atoms with van der Waals surface area (Å²) in [7, 11) is -2.22. The topological polar surface area (TPSA) is 84.9 Å². The largest absolute Gasteiger partial charge is 0.497 e. The van der Waals surface area contributed by atoms with E-state index in [1.54, 1.807) is 31.2 Å². The van der Waals surface area contributed by atoms with E-state index in [1.807, 2.05) is 38.1 Å². The van der Waals surface area contributed by atoms with Crippen molar-refractivity contribution >= 4 is 21.6 Å². The molecule has 1 N–H and O–H groups in total. The fourth-order valence-corrected chi connectivity index (χ4v) is 5.21. The van der Waals surface area contributed by atoms with Crippen LogP contribution in [0.5, 0.6) is 11.5 Å². The van der Waals surface area contributed by atoms with Crippen LogP contribution < -0.4 is 19.1 Å². The molecule has 168 valence electrons. The van der Waals surface area contributed by atoms with Crippen molar-refractivity contribution in [3.8, 4) is 11.5 Å². The van der Waals surface area contributed by atoms with E-state index < -0.39 is 21.7 Å². The Morgan fingerprint density at radius 2 is 1.97 bits per heavy atom. The van der Waals surface area contributed by atoms with E-state index in [2.05, 4.69) is 5.32 Å². The molecule has 2 atom stereocenters. The molecule has 7 nitrogen and oxygen atoms in total. The molecule has 0 aromatic heterocycles. The smallest absolute Gasteiger partial charge is 0.244 e. The van der Waals surface area contributed by atoms with Gasteiger partial charge in [-0.25, -0.2) is 8.42 Å². The summed E-state index contributed by atoms with van der Waals surface area (Å²) in [5.74, 6) is 0.889. The Hall–Kier alpha value is -2.74. The Morgan fingerprint density at radius 3 is 2.61 bits per heavy atom. The number of nitrogens with one attached hydrogen (secondary N) is 1. The van der Waals surface area contributed by atoms with Gasteiger partial charge in [0.2, 0.25) is 15.9 Å². The molecular weight excluding hydrogens is 416 g/mol. The molecule has 2 aromatic rings. The number of fused-ring (bicyclic) bond motifs is 1. The summed E-state index contributed by atoms with van der Waals surface area (Å²) in [6.07, 6.45) is 1.99. The van der Waals surface area contributed by atoms with Gasteiger partial charge in [-0.05, 0) is 38.5 Å². The zero-order valence-corrected chi connectivity index (χ0v) is 19.4. The lowest BCUT2D eigenvalue weighted by atomic mass is 9.89. The maximum absolute atomic E-state index is 13.4. The van der Waals surface area contributed by atoms with Crippen LogP contribution in [0.25, 0.3) is 0 Å². The normalized spacial score (nSPS) is 18.3. The third-order valence-electron chi connectivity index (χ3n) is 5.33. The van der Waals surface area contributed by atoms with Crippen LogP contribution in [0.3, 0.4) is 0 Å². The van der Waals surface area contributed by atoms with Crippen LogP contribution in [0.2, 0.25) is 0 Å². The predicted octanol–water partition coefficient (Wildman–Crippen LogP) is 3.66. The lowest BCUT2D eigenvalue weighted by Gasteiger charge is -2.39. The molecule has 31 heavy (non-hydrogen) atoms. The molecule has 1 aliphatic heterocycles. The van der Waals surface area contributed by atoms with Crippen LogP contribution in [0.4, 0.5) is 5.69 Å². The number of hydrogen-bond acceptors (Lipinski definition) is 5. The number of ether oxygens (including phenoxy) is 2. The molecule has 0 radical (unpaired) electrons. The Labute approximate surface area is 184 Å². The number of benzene rings is 2. The molecule has 0 spiro atoms. The first-order valence-electron chi connectivity index (χ1n) is 10.3. The minimum absolute atomic E-state index is 0.284. The molecule has 2 aromatic carbocycles. The Morgan fingerprint density at radius 1 is 1.26 bits per heavy atom. The first-order chi connectivity index (χ1) is 14.6. The van der Waals surface area contributed by atoms with Gasteiger partial charge >= 0.3 is 0 Å². The first kappa shape index (κ1) is 22.9. The highest BCUT2D eigenvalue weighted by atomic mass is 32.2. The predicted molar refractivity (Wildman–Crippen MR) is 121 cm³/mol. The number of rotatable bonds is 7. The monoisotopic (exact) mass is 446 g/mol. The molecule has 0 unspecified atom stereocenters. The fraction of sp³-hybridized carbons (Fsp3) is 0.435. The van der Waals surface area contributed by atoms with Gasteiger partial charge in [0, 0.05) is 18.1 Å². The SMILES string of the molecule is CC[C@@H](C(=O)N[C@H]1CC(C)(C)Oc2ccccc21)N(c1cccc(OC)c1)S(C)(=O)=O. The molecule has 1 aliphatic rings. The van der Waals surface area contributed by atoms with Gasteiger partial charge in [0.15, 0.2) is 0 Å². The van der Waals surface area contributed by atoms with Crippen LogP contribution >= 0.6 is 0 Å². The van der Waals surface area contributed by atoms with E-state index in [4.69, 9.17) is 9.47 Å². The second-order valence-corrected chi connectivity index (χ2v) is 10.2. The molecule has 0 bridgehead atoms. The lowest BCUT2D eigenvalue weighted by Crippen LogP contribution is -2.51. The van der Waals surface area contributed by atoms with Gasteiger partial charge in [-0.15, -0.1) is 0 Å². The summed E-state index contributed by atoms with van der Waals surface area (Å²) in [5.41, 5.74) is 0.811. The molecule has 1 amide bonds. The molecule has 0 fully saturated rings. The zero-order valence-electron chi connectivity index (χ0n) is 18.6. The summed E-state index contributed by atoms with van der Waals surface area (Å²) in [4.78, 5) is 13.4. The van der Waals surface area contributed by atoms with E-state index in [9.17, 15) is 13.2 Å². The second kappa shape index (κ2) is 8.78. The van der Waals surface area contributed by atoms with Crippen molar-refractivity contribution in [3.05, 3.63) is 54.1 Å². The molecule has 8 heteroatoms. The summed E-state index contributed by atoms with van der Waals surface area (Å²) in [6, 6.07) is 13.1. The maximum atomic E-state index is 13.4. The average Bonchev–Trinajstić information content (AvgIpc) is 2.70. The third kappa shape index (κ3) is 5.12. The van der Waals surface area contributed by atoms with Gasteiger partial charge in [0.25, 0.3) is 0 Å². The minimum Gasteiger partial charge on any atom is -0.497 e.